The second-order valence-corrected chi connectivity index (χ2v) is 13.1. The van der Waals surface area contributed by atoms with E-state index in [4.69, 9.17) is 0 Å². The zero-order valence-electron chi connectivity index (χ0n) is 11.5. The van der Waals surface area contributed by atoms with Gasteiger partial charge in [-0.2, -0.15) is 0 Å². The monoisotopic (exact) mass is 262 g/mol. The minimum absolute atomic E-state index is 1.31. The maximum atomic E-state index is 2.55. The second-order valence-electron chi connectivity index (χ2n) is 6.20. The number of hydrogen-bond acceptors (Lipinski definition) is 0. The van der Waals surface area contributed by atoms with Gasteiger partial charge in [0, 0.05) is 0 Å². The molecular formula is C16H22Ti. The Labute approximate surface area is 109 Å². The van der Waals surface area contributed by atoms with Gasteiger partial charge in [0.2, 0.25) is 0 Å². The first-order valence-corrected chi connectivity index (χ1v) is 10.5. The number of rotatable bonds is 2. The van der Waals surface area contributed by atoms with Crippen molar-refractivity contribution >= 4 is 0 Å². The Bertz CT molecular complexity index is 464. The van der Waals surface area contributed by atoms with Gasteiger partial charge in [0.1, 0.15) is 0 Å². The first-order valence-electron chi connectivity index (χ1n) is 6.78. The van der Waals surface area contributed by atoms with Crippen LogP contribution in [0.15, 0.2) is 42.2 Å². The molecule has 1 fully saturated rings. The third-order valence-corrected chi connectivity index (χ3v) is 12.2. The van der Waals surface area contributed by atoms with Gasteiger partial charge in [-0.25, -0.2) is 0 Å². The molecule has 90 valence electrons. The zero-order chi connectivity index (χ0) is 12.2. The van der Waals surface area contributed by atoms with Crippen molar-refractivity contribution in [1.82, 2.24) is 0 Å². The molecule has 0 atom stereocenters. The number of allylic oxidation sites excluding steroid dienone is 8. The second kappa shape index (κ2) is 3.83. The molecule has 1 aliphatic heterocycles. The summed E-state index contributed by atoms with van der Waals surface area (Å²) in [6, 6.07) is 0. The molecule has 0 unspecified atom stereocenters. The van der Waals surface area contributed by atoms with Crippen molar-refractivity contribution in [2.24, 2.45) is 0 Å². The van der Waals surface area contributed by atoms with Gasteiger partial charge in [-0.1, -0.05) is 0 Å². The Morgan fingerprint density at radius 1 is 0.765 bits per heavy atom. The molecule has 3 aliphatic rings. The third kappa shape index (κ3) is 1.77. The van der Waals surface area contributed by atoms with Gasteiger partial charge in [-0.15, -0.1) is 0 Å². The molecular weight excluding hydrogens is 240 g/mol. The molecule has 0 aromatic rings. The Morgan fingerprint density at radius 2 is 1.18 bits per heavy atom. The Kier molecular flexibility index (Phi) is 2.65. The van der Waals surface area contributed by atoms with E-state index in [1.54, 1.807) is 31.7 Å². The third-order valence-electron chi connectivity index (χ3n) is 5.02. The van der Waals surface area contributed by atoms with E-state index in [-0.39, 0.29) is 0 Å². The van der Waals surface area contributed by atoms with Crippen molar-refractivity contribution in [2.45, 2.75) is 50.0 Å². The van der Waals surface area contributed by atoms with Gasteiger partial charge in [0.05, 0.1) is 0 Å². The molecule has 0 aromatic heterocycles. The molecule has 0 radical (unpaired) electrons. The summed E-state index contributed by atoms with van der Waals surface area (Å²) in [6.45, 7) is 9.21. The Morgan fingerprint density at radius 3 is 1.41 bits per heavy atom. The van der Waals surface area contributed by atoms with Crippen LogP contribution >= 0.6 is 0 Å². The fourth-order valence-electron chi connectivity index (χ4n) is 3.31. The van der Waals surface area contributed by atoms with Gasteiger partial charge in [-0.3, -0.25) is 0 Å². The van der Waals surface area contributed by atoms with Crippen LogP contribution in [-0.2, 0) is 16.6 Å². The zero-order valence-corrected chi connectivity index (χ0v) is 13.0. The van der Waals surface area contributed by atoms with Crippen LogP contribution < -0.4 is 0 Å². The van der Waals surface area contributed by atoms with Crippen molar-refractivity contribution in [3.63, 3.8) is 0 Å². The normalized spacial score (nSPS) is 26.6. The molecule has 0 saturated carbocycles. The topological polar surface area (TPSA) is 0 Å². The van der Waals surface area contributed by atoms with Crippen LogP contribution in [0.4, 0.5) is 0 Å². The molecule has 2 aliphatic carbocycles. The van der Waals surface area contributed by atoms with E-state index in [1.165, 1.54) is 12.8 Å². The van der Waals surface area contributed by atoms with Crippen molar-refractivity contribution in [2.75, 3.05) is 0 Å². The fraction of sp³-hybridized carbons (Fsp3) is 0.500. The predicted molar refractivity (Wildman–Crippen MR) is 71.8 cm³/mol. The maximum absolute atomic E-state index is 2.55. The molecule has 1 heteroatoms. The molecule has 0 amide bonds. The number of hydrogen-bond donors (Lipinski definition) is 0. The van der Waals surface area contributed by atoms with Crippen LogP contribution in [0, 0.1) is 0 Å². The molecule has 0 spiro atoms. The molecule has 0 bridgehead atoms. The van der Waals surface area contributed by atoms with Crippen LogP contribution in [0.25, 0.3) is 0 Å². The van der Waals surface area contributed by atoms with Crippen molar-refractivity contribution in [1.29, 1.82) is 0 Å². The van der Waals surface area contributed by atoms with Crippen LogP contribution in [0.5, 0.6) is 0 Å². The first-order chi connectivity index (χ1) is 8.03. The van der Waals surface area contributed by atoms with Crippen LogP contribution in [-0.4, -0.2) is 0 Å². The molecule has 0 N–H and O–H groups in total. The van der Waals surface area contributed by atoms with Gasteiger partial charge in [0.15, 0.2) is 0 Å². The van der Waals surface area contributed by atoms with E-state index >= 15 is 0 Å². The molecule has 1 heterocycles. The molecule has 17 heavy (non-hydrogen) atoms. The van der Waals surface area contributed by atoms with E-state index in [0.29, 0.717) is 0 Å². The van der Waals surface area contributed by atoms with Crippen molar-refractivity contribution in [3.05, 3.63) is 42.2 Å². The van der Waals surface area contributed by atoms with E-state index in [2.05, 4.69) is 39.8 Å². The summed E-state index contributed by atoms with van der Waals surface area (Å²) in [5.74, 6) is 0. The quantitative estimate of drug-likeness (QED) is 0.597. The Hall–Kier alpha value is -0.326. The standard InChI is InChI=1S/2C7H9.C2H4.Ti/c2*1-6-4-3-5-7(6)2;1-2;/h2*4H,5H2,1-2H3;1-2H2;. The van der Waals surface area contributed by atoms with Gasteiger partial charge < -0.3 is 0 Å². The summed E-state index contributed by atoms with van der Waals surface area (Å²) < 4.78 is 6.90. The summed E-state index contributed by atoms with van der Waals surface area (Å²) in [5.41, 5.74) is 6.35. The summed E-state index contributed by atoms with van der Waals surface area (Å²) in [6.07, 6.45) is 7.71. The van der Waals surface area contributed by atoms with E-state index in [0.717, 1.165) is 0 Å². The van der Waals surface area contributed by atoms with Gasteiger partial charge in [0.25, 0.3) is 0 Å². The van der Waals surface area contributed by atoms with Crippen LogP contribution in [0.1, 0.15) is 40.5 Å². The Balaban J connectivity index is 1.87. The summed E-state index contributed by atoms with van der Waals surface area (Å²) >= 11 is -1.67. The minimum atomic E-state index is -1.67. The molecule has 1 saturated heterocycles. The average Bonchev–Trinajstić information content (AvgIpc) is 2.93. The van der Waals surface area contributed by atoms with E-state index in [9.17, 15) is 0 Å². The summed E-state index contributed by atoms with van der Waals surface area (Å²) in [4.78, 5) is 0. The molecule has 0 nitrogen and oxygen atoms in total. The molecule has 3 rings (SSSR count). The predicted octanol–water partition coefficient (Wildman–Crippen LogP) is 5.24. The van der Waals surface area contributed by atoms with Crippen LogP contribution in [0.3, 0.4) is 0 Å². The summed E-state index contributed by atoms with van der Waals surface area (Å²) in [5, 5.41) is 0. The van der Waals surface area contributed by atoms with Gasteiger partial charge >= 0.3 is 109 Å². The summed E-state index contributed by atoms with van der Waals surface area (Å²) in [7, 11) is 0. The molecule has 0 aromatic carbocycles. The van der Waals surface area contributed by atoms with Crippen LogP contribution in [0.2, 0.25) is 9.45 Å². The first kappa shape index (κ1) is 11.7. The van der Waals surface area contributed by atoms with E-state index < -0.39 is 16.6 Å². The van der Waals surface area contributed by atoms with Crippen molar-refractivity contribution < 1.29 is 16.6 Å². The van der Waals surface area contributed by atoms with Gasteiger partial charge in [-0.05, 0) is 0 Å². The SMILES string of the molecule is CC1=C(C)C[C]([Ti]2([C]3=CC(C)=C(C)C3)[CH2][CH2]2)=C1. The fourth-order valence-corrected chi connectivity index (χ4v) is 11.4. The van der Waals surface area contributed by atoms with E-state index in [1.807, 2.05) is 7.76 Å². The average molecular weight is 262 g/mol. The van der Waals surface area contributed by atoms with Crippen molar-refractivity contribution in [3.8, 4) is 0 Å².